The molecular weight excluding hydrogens is 274 g/mol. The maximum Gasteiger partial charge on any atom is 0.218 e. The van der Waals surface area contributed by atoms with Gasteiger partial charge in [0.25, 0.3) is 0 Å². The highest BCUT2D eigenvalue weighted by molar-refractivity contribution is 6.31. The number of pyridine rings is 1. The smallest absolute Gasteiger partial charge is 0.218 e. The predicted molar refractivity (Wildman–Crippen MR) is 66.3 cm³/mol. The van der Waals surface area contributed by atoms with E-state index in [1.807, 2.05) is 0 Å². The van der Waals surface area contributed by atoms with E-state index >= 15 is 0 Å². The number of nitrogens with zero attached hydrogens (tertiary/aromatic N) is 1. The first-order chi connectivity index (χ1) is 9.33. The lowest BCUT2D eigenvalue weighted by Crippen LogP contribution is -2.33. The molecule has 0 N–H and O–H groups in total. The fourth-order valence-electron chi connectivity index (χ4n) is 1.88. The predicted octanol–water partition coefficient (Wildman–Crippen LogP) is 1.30. The molecule has 0 saturated carbocycles. The van der Waals surface area contributed by atoms with Crippen LogP contribution in [-0.4, -0.2) is 50.7 Å². The molecule has 0 aromatic carbocycles. The van der Waals surface area contributed by atoms with Gasteiger partial charge in [-0.15, -0.1) is 0 Å². The molecule has 1 aromatic heterocycles. The molecule has 3 rings (SSSR count). The van der Waals surface area contributed by atoms with Crippen molar-refractivity contribution < 1.29 is 23.7 Å². The molecule has 1 fully saturated rings. The molecule has 1 saturated heterocycles. The highest BCUT2D eigenvalue weighted by Crippen LogP contribution is 2.38. The zero-order valence-corrected chi connectivity index (χ0v) is 11.0. The topological polar surface area (TPSA) is 59.0 Å². The standard InChI is InChI=1S/C12H14ClNO5/c13-12-11-9(17-3-4-18-11)5-10(14-12)19-7-8-6-15-1-2-16-8/h5,8H,1-4,6-7H2. The summed E-state index contributed by atoms with van der Waals surface area (Å²) in [6.07, 6.45) is -0.0810. The summed E-state index contributed by atoms with van der Waals surface area (Å²) < 4.78 is 27.2. The molecular formula is C12H14ClNO5. The first-order valence-electron chi connectivity index (χ1n) is 6.11. The minimum Gasteiger partial charge on any atom is -0.486 e. The van der Waals surface area contributed by atoms with Crippen LogP contribution in [0.2, 0.25) is 5.15 Å². The minimum atomic E-state index is -0.0810. The van der Waals surface area contributed by atoms with Crippen molar-refractivity contribution in [1.29, 1.82) is 0 Å². The maximum absolute atomic E-state index is 6.02. The van der Waals surface area contributed by atoms with Crippen LogP contribution in [0.5, 0.6) is 17.4 Å². The van der Waals surface area contributed by atoms with Gasteiger partial charge in [0.1, 0.15) is 25.9 Å². The lowest BCUT2D eigenvalue weighted by Gasteiger charge is -2.23. The van der Waals surface area contributed by atoms with Crippen molar-refractivity contribution in [3.8, 4) is 17.4 Å². The molecule has 1 unspecified atom stereocenters. The Balaban J connectivity index is 1.65. The van der Waals surface area contributed by atoms with Gasteiger partial charge in [-0.3, -0.25) is 0 Å². The van der Waals surface area contributed by atoms with Gasteiger partial charge < -0.3 is 23.7 Å². The normalized spacial score (nSPS) is 22.1. The maximum atomic E-state index is 6.02. The van der Waals surface area contributed by atoms with E-state index in [0.717, 1.165) is 0 Å². The van der Waals surface area contributed by atoms with Crippen LogP contribution in [0.3, 0.4) is 0 Å². The van der Waals surface area contributed by atoms with Crippen molar-refractivity contribution in [2.45, 2.75) is 6.10 Å². The van der Waals surface area contributed by atoms with Crippen LogP contribution in [-0.2, 0) is 9.47 Å². The molecule has 7 heteroatoms. The van der Waals surface area contributed by atoms with E-state index in [2.05, 4.69) is 4.98 Å². The van der Waals surface area contributed by atoms with Crippen LogP contribution in [0.15, 0.2) is 6.07 Å². The summed E-state index contributed by atoms with van der Waals surface area (Å²) in [6.45, 7) is 3.07. The fourth-order valence-corrected chi connectivity index (χ4v) is 2.11. The van der Waals surface area contributed by atoms with Gasteiger partial charge in [0.2, 0.25) is 5.88 Å². The first kappa shape index (κ1) is 12.8. The molecule has 0 spiro atoms. The molecule has 0 bridgehead atoms. The van der Waals surface area contributed by atoms with Gasteiger partial charge in [0, 0.05) is 6.07 Å². The highest BCUT2D eigenvalue weighted by atomic mass is 35.5. The Morgan fingerprint density at radius 1 is 1.26 bits per heavy atom. The Labute approximate surface area is 115 Å². The van der Waals surface area contributed by atoms with Gasteiger partial charge in [-0.05, 0) is 0 Å². The number of rotatable bonds is 3. The lowest BCUT2D eigenvalue weighted by molar-refractivity contribution is -0.102. The fraction of sp³-hybridized carbons (Fsp3) is 0.583. The summed E-state index contributed by atoms with van der Waals surface area (Å²) in [6, 6.07) is 1.67. The number of aromatic nitrogens is 1. The van der Waals surface area contributed by atoms with Crippen molar-refractivity contribution in [2.75, 3.05) is 39.6 Å². The molecule has 1 atom stereocenters. The van der Waals surface area contributed by atoms with Crippen LogP contribution in [0.25, 0.3) is 0 Å². The monoisotopic (exact) mass is 287 g/mol. The Morgan fingerprint density at radius 2 is 2.16 bits per heavy atom. The van der Waals surface area contributed by atoms with Gasteiger partial charge >= 0.3 is 0 Å². The van der Waals surface area contributed by atoms with Crippen molar-refractivity contribution in [3.05, 3.63) is 11.2 Å². The van der Waals surface area contributed by atoms with E-state index in [9.17, 15) is 0 Å². The third-order valence-electron chi connectivity index (χ3n) is 2.76. The Kier molecular flexibility index (Phi) is 3.91. The van der Waals surface area contributed by atoms with Crippen LogP contribution < -0.4 is 14.2 Å². The Morgan fingerprint density at radius 3 is 3.00 bits per heavy atom. The Hall–Kier alpha value is -1.24. The average Bonchev–Trinajstić information content (AvgIpc) is 2.46. The summed E-state index contributed by atoms with van der Waals surface area (Å²) in [7, 11) is 0. The second kappa shape index (κ2) is 5.81. The SMILES string of the molecule is Clc1nc(OCC2COCCO2)cc2c1OCCO2. The van der Waals surface area contributed by atoms with Gasteiger partial charge in [-0.2, -0.15) is 4.98 Å². The first-order valence-corrected chi connectivity index (χ1v) is 6.49. The highest BCUT2D eigenvalue weighted by Gasteiger charge is 2.20. The number of ether oxygens (including phenoxy) is 5. The largest absolute Gasteiger partial charge is 0.486 e. The van der Waals surface area contributed by atoms with E-state index in [-0.39, 0.29) is 11.3 Å². The average molecular weight is 288 g/mol. The number of halogens is 1. The van der Waals surface area contributed by atoms with Gasteiger partial charge in [-0.25, -0.2) is 0 Å². The van der Waals surface area contributed by atoms with E-state index in [1.54, 1.807) is 6.07 Å². The minimum absolute atomic E-state index is 0.0810. The molecule has 3 heterocycles. The molecule has 0 radical (unpaired) electrons. The molecule has 2 aliphatic rings. The number of hydrogen-bond acceptors (Lipinski definition) is 6. The number of fused-ring (bicyclic) bond motifs is 1. The van der Waals surface area contributed by atoms with E-state index in [4.69, 9.17) is 35.3 Å². The molecule has 1 aromatic rings. The summed E-state index contributed by atoms with van der Waals surface area (Å²) in [5, 5.41) is 0.244. The molecule has 104 valence electrons. The van der Waals surface area contributed by atoms with E-state index in [1.165, 1.54) is 0 Å². The summed E-state index contributed by atoms with van der Waals surface area (Å²) in [5.41, 5.74) is 0. The van der Waals surface area contributed by atoms with Crippen LogP contribution >= 0.6 is 11.6 Å². The molecule has 0 aliphatic carbocycles. The van der Waals surface area contributed by atoms with Crippen molar-refractivity contribution in [1.82, 2.24) is 4.98 Å². The molecule has 0 amide bonds. The second-order valence-electron chi connectivity index (χ2n) is 4.15. The zero-order valence-electron chi connectivity index (χ0n) is 10.3. The number of hydrogen-bond donors (Lipinski definition) is 0. The summed E-state index contributed by atoms with van der Waals surface area (Å²) in [4.78, 5) is 4.11. The quantitative estimate of drug-likeness (QED) is 0.781. The van der Waals surface area contributed by atoms with Gasteiger partial charge in [0.15, 0.2) is 16.7 Å². The van der Waals surface area contributed by atoms with Gasteiger partial charge in [0.05, 0.1) is 19.8 Å². The van der Waals surface area contributed by atoms with Crippen LogP contribution in [0.4, 0.5) is 0 Å². The van der Waals surface area contributed by atoms with E-state index < -0.39 is 0 Å². The Bertz CT molecular complexity index is 450. The van der Waals surface area contributed by atoms with Crippen molar-refractivity contribution >= 4 is 11.6 Å². The van der Waals surface area contributed by atoms with Crippen LogP contribution in [0, 0.1) is 0 Å². The second-order valence-corrected chi connectivity index (χ2v) is 4.51. The molecule has 2 aliphatic heterocycles. The zero-order chi connectivity index (χ0) is 13.1. The van der Waals surface area contributed by atoms with Crippen molar-refractivity contribution in [3.63, 3.8) is 0 Å². The lowest BCUT2D eigenvalue weighted by atomic mass is 10.3. The van der Waals surface area contributed by atoms with Gasteiger partial charge in [-0.1, -0.05) is 11.6 Å². The summed E-state index contributed by atoms with van der Waals surface area (Å²) >= 11 is 6.02. The van der Waals surface area contributed by atoms with Crippen molar-refractivity contribution in [2.24, 2.45) is 0 Å². The third kappa shape index (κ3) is 3.02. The third-order valence-corrected chi connectivity index (χ3v) is 3.02. The summed E-state index contributed by atoms with van der Waals surface area (Å²) in [5.74, 6) is 1.42. The van der Waals surface area contributed by atoms with Crippen LogP contribution in [0.1, 0.15) is 0 Å². The molecule has 19 heavy (non-hydrogen) atoms. The van der Waals surface area contributed by atoms with E-state index in [0.29, 0.717) is 57.0 Å². The molecule has 6 nitrogen and oxygen atoms in total.